The lowest BCUT2D eigenvalue weighted by Gasteiger charge is -2.48. The lowest BCUT2D eigenvalue weighted by Crippen LogP contribution is -2.75. The first-order valence-corrected chi connectivity index (χ1v) is 11.2. The average Bonchev–Trinajstić information content (AvgIpc) is 2.69. The molecule has 4 N–H and O–H groups in total. The molecule has 3 amide bonds. The zero-order valence-electron chi connectivity index (χ0n) is 18.7. The molecule has 3 aliphatic rings. The summed E-state index contributed by atoms with van der Waals surface area (Å²) in [5.41, 5.74) is 2.69. The van der Waals surface area contributed by atoms with Gasteiger partial charge in [-0.05, 0) is 49.3 Å². The van der Waals surface area contributed by atoms with Crippen molar-refractivity contribution in [2.24, 2.45) is 23.7 Å². The second-order valence-electron chi connectivity index (χ2n) is 9.67. The van der Waals surface area contributed by atoms with E-state index in [1.807, 2.05) is 32.0 Å². The number of likely N-dealkylation sites (tertiary alicyclic amines) is 1. The number of piperidine rings is 2. The molecule has 31 heavy (non-hydrogen) atoms. The third kappa shape index (κ3) is 4.60. The van der Waals surface area contributed by atoms with Gasteiger partial charge in [0.05, 0.1) is 18.0 Å². The largest absolute Gasteiger partial charge is 0.340 e. The standard InChI is InChI=1S/C23H33N5O3/c1-12-5-6-15(4)17(8-12)24-21(30)16-9-18(29)25-20-19(16)22(31)27-23(26-20)28-10-13(2)7-14(3)11-28/h5-6,8,13-14,16,19-20,23,26H,7,9-11H2,1-4H3,(H,24,30)(H,25,29)(H,27,31). The van der Waals surface area contributed by atoms with Crippen LogP contribution in [0.25, 0.3) is 0 Å². The summed E-state index contributed by atoms with van der Waals surface area (Å²) in [6.45, 7) is 10.1. The van der Waals surface area contributed by atoms with E-state index < -0.39 is 18.0 Å². The van der Waals surface area contributed by atoms with E-state index in [1.54, 1.807) is 0 Å². The molecule has 0 radical (unpaired) electrons. The first kappa shape index (κ1) is 21.8. The highest BCUT2D eigenvalue weighted by atomic mass is 16.2. The van der Waals surface area contributed by atoms with Crippen molar-refractivity contribution in [3.8, 4) is 0 Å². The number of aryl methyl sites for hydroxylation is 2. The van der Waals surface area contributed by atoms with Crippen molar-refractivity contribution in [2.75, 3.05) is 18.4 Å². The molecule has 3 heterocycles. The minimum atomic E-state index is -0.730. The lowest BCUT2D eigenvalue weighted by atomic mass is 9.80. The van der Waals surface area contributed by atoms with E-state index in [4.69, 9.17) is 0 Å². The van der Waals surface area contributed by atoms with Crippen LogP contribution in [0.15, 0.2) is 18.2 Å². The topological polar surface area (TPSA) is 103 Å². The molecule has 4 rings (SSSR count). The number of rotatable bonds is 3. The predicted molar refractivity (Wildman–Crippen MR) is 118 cm³/mol. The Hall–Kier alpha value is -2.45. The Labute approximate surface area is 183 Å². The Balaban J connectivity index is 1.50. The van der Waals surface area contributed by atoms with E-state index >= 15 is 0 Å². The average molecular weight is 428 g/mol. The summed E-state index contributed by atoms with van der Waals surface area (Å²) in [4.78, 5) is 40.9. The molecular weight excluding hydrogens is 394 g/mol. The molecule has 3 fully saturated rings. The van der Waals surface area contributed by atoms with Crippen molar-refractivity contribution < 1.29 is 14.4 Å². The van der Waals surface area contributed by atoms with E-state index in [0.29, 0.717) is 17.5 Å². The normalized spacial score (nSPS) is 33.8. The highest BCUT2D eigenvalue weighted by Crippen LogP contribution is 2.30. The van der Waals surface area contributed by atoms with Crippen LogP contribution < -0.4 is 21.3 Å². The maximum absolute atomic E-state index is 13.1. The summed E-state index contributed by atoms with van der Waals surface area (Å²) in [7, 11) is 0. The summed E-state index contributed by atoms with van der Waals surface area (Å²) in [6, 6.07) is 5.83. The molecule has 3 saturated heterocycles. The van der Waals surface area contributed by atoms with Crippen LogP contribution in [-0.4, -0.2) is 48.2 Å². The van der Waals surface area contributed by atoms with Gasteiger partial charge in [-0.3, -0.25) is 24.6 Å². The fraction of sp³-hybridized carbons (Fsp3) is 0.609. The molecule has 6 atom stereocenters. The van der Waals surface area contributed by atoms with Crippen molar-refractivity contribution in [2.45, 2.75) is 53.0 Å². The number of nitrogens with one attached hydrogen (secondary N) is 4. The van der Waals surface area contributed by atoms with Gasteiger partial charge in [0.1, 0.15) is 6.29 Å². The zero-order chi connectivity index (χ0) is 22.3. The van der Waals surface area contributed by atoms with Gasteiger partial charge in [-0.1, -0.05) is 26.0 Å². The van der Waals surface area contributed by atoms with Gasteiger partial charge in [-0.2, -0.15) is 0 Å². The quantitative estimate of drug-likeness (QED) is 0.582. The molecule has 0 spiro atoms. The van der Waals surface area contributed by atoms with Crippen molar-refractivity contribution in [1.29, 1.82) is 0 Å². The molecule has 0 bridgehead atoms. The van der Waals surface area contributed by atoms with Gasteiger partial charge in [0.2, 0.25) is 17.7 Å². The van der Waals surface area contributed by atoms with Crippen molar-refractivity contribution in [3.63, 3.8) is 0 Å². The number of hydrogen-bond donors (Lipinski definition) is 4. The first-order valence-electron chi connectivity index (χ1n) is 11.2. The number of amides is 3. The molecule has 6 unspecified atom stereocenters. The minimum absolute atomic E-state index is 0.00455. The summed E-state index contributed by atoms with van der Waals surface area (Å²) in [6.07, 6.45) is 0.248. The Kier molecular flexibility index (Phi) is 6.03. The van der Waals surface area contributed by atoms with Crippen molar-refractivity contribution >= 4 is 23.4 Å². The number of benzene rings is 1. The van der Waals surface area contributed by atoms with Gasteiger partial charge in [0, 0.05) is 25.2 Å². The molecule has 8 nitrogen and oxygen atoms in total. The number of nitrogens with zero attached hydrogens (tertiary/aromatic N) is 1. The molecular formula is C23H33N5O3. The van der Waals surface area contributed by atoms with Crippen molar-refractivity contribution in [3.05, 3.63) is 29.3 Å². The zero-order valence-corrected chi connectivity index (χ0v) is 18.7. The molecule has 3 aliphatic heterocycles. The Morgan fingerprint density at radius 2 is 1.81 bits per heavy atom. The van der Waals surface area contributed by atoms with Crippen molar-refractivity contribution in [1.82, 2.24) is 20.9 Å². The Bertz CT molecular complexity index is 878. The summed E-state index contributed by atoms with van der Waals surface area (Å²) in [5.74, 6) is -1.02. The van der Waals surface area contributed by atoms with Gasteiger partial charge in [-0.25, -0.2) is 0 Å². The molecule has 168 valence electrons. The Morgan fingerprint density at radius 1 is 1.10 bits per heavy atom. The van der Waals surface area contributed by atoms with Gasteiger partial charge in [0.15, 0.2) is 0 Å². The van der Waals surface area contributed by atoms with Crippen LogP contribution in [0.1, 0.15) is 37.8 Å². The van der Waals surface area contributed by atoms with Crippen LogP contribution in [0.3, 0.4) is 0 Å². The Morgan fingerprint density at radius 3 is 2.52 bits per heavy atom. The molecule has 0 aliphatic carbocycles. The smallest absolute Gasteiger partial charge is 0.229 e. The second-order valence-corrected chi connectivity index (χ2v) is 9.67. The van der Waals surface area contributed by atoms with Crippen LogP contribution in [0, 0.1) is 37.5 Å². The highest BCUT2D eigenvalue weighted by Gasteiger charge is 2.49. The molecule has 0 saturated carbocycles. The molecule has 0 aromatic heterocycles. The number of hydrogen-bond acceptors (Lipinski definition) is 5. The first-order chi connectivity index (χ1) is 14.7. The van der Waals surface area contributed by atoms with E-state index in [-0.39, 0.29) is 30.4 Å². The summed E-state index contributed by atoms with van der Waals surface area (Å²) in [5, 5.41) is 12.3. The van der Waals surface area contributed by atoms with Crippen LogP contribution in [0.4, 0.5) is 5.69 Å². The van der Waals surface area contributed by atoms with Crippen LogP contribution in [0.2, 0.25) is 0 Å². The molecule has 8 heteroatoms. The number of carbonyl (C=O) groups excluding carboxylic acids is 3. The van der Waals surface area contributed by atoms with Gasteiger partial charge in [-0.15, -0.1) is 0 Å². The van der Waals surface area contributed by atoms with Crippen LogP contribution >= 0.6 is 0 Å². The van der Waals surface area contributed by atoms with E-state index in [2.05, 4.69) is 40.0 Å². The maximum atomic E-state index is 13.1. The minimum Gasteiger partial charge on any atom is -0.340 e. The third-order valence-electron chi connectivity index (χ3n) is 6.68. The van der Waals surface area contributed by atoms with E-state index in [9.17, 15) is 14.4 Å². The monoisotopic (exact) mass is 427 g/mol. The fourth-order valence-corrected chi connectivity index (χ4v) is 5.27. The van der Waals surface area contributed by atoms with E-state index in [1.165, 1.54) is 6.42 Å². The predicted octanol–water partition coefficient (Wildman–Crippen LogP) is 1.30. The highest BCUT2D eigenvalue weighted by molar-refractivity contribution is 6.00. The second kappa shape index (κ2) is 8.59. The lowest BCUT2D eigenvalue weighted by molar-refractivity contribution is -0.148. The van der Waals surface area contributed by atoms with Gasteiger partial charge < -0.3 is 16.0 Å². The fourth-order valence-electron chi connectivity index (χ4n) is 5.27. The molecule has 1 aromatic carbocycles. The SMILES string of the molecule is Cc1ccc(C)c(NC(=O)C2CC(=O)NC3NC(N4CC(C)CC(C)C4)NC(=O)C32)c1. The number of anilines is 1. The number of carbonyl (C=O) groups is 3. The van der Waals surface area contributed by atoms with Crippen LogP contribution in [-0.2, 0) is 14.4 Å². The summed E-state index contributed by atoms with van der Waals surface area (Å²) < 4.78 is 0. The third-order valence-corrected chi connectivity index (χ3v) is 6.68. The van der Waals surface area contributed by atoms with Gasteiger partial charge >= 0.3 is 0 Å². The summed E-state index contributed by atoms with van der Waals surface area (Å²) >= 11 is 0. The van der Waals surface area contributed by atoms with E-state index in [0.717, 1.165) is 24.2 Å². The molecule has 1 aromatic rings. The van der Waals surface area contributed by atoms with Gasteiger partial charge in [0.25, 0.3) is 0 Å². The van der Waals surface area contributed by atoms with Crippen LogP contribution in [0.5, 0.6) is 0 Å². The maximum Gasteiger partial charge on any atom is 0.229 e. The number of fused-ring (bicyclic) bond motifs is 1.